The molecule has 1 amide bonds. The third-order valence-corrected chi connectivity index (χ3v) is 3.51. The molecule has 6 nitrogen and oxygen atoms in total. The predicted octanol–water partition coefficient (Wildman–Crippen LogP) is 3.96. The molecule has 1 aromatic heterocycles. The number of rotatable bonds is 5. The van der Waals surface area contributed by atoms with Crippen LogP contribution in [0.25, 0.3) is 0 Å². The minimum atomic E-state index is -4.89. The summed E-state index contributed by atoms with van der Waals surface area (Å²) in [6, 6.07) is 5.16. The van der Waals surface area contributed by atoms with E-state index in [1.807, 2.05) is 0 Å². The summed E-state index contributed by atoms with van der Waals surface area (Å²) in [4.78, 5) is 27.2. The fraction of sp³-hybridized carbons (Fsp3) is 0.294. The maximum absolute atomic E-state index is 12.5. The van der Waals surface area contributed by atoms with Gasteiger partial charge in [0.15, 0.2) is 5.75 Å². The average Bonchev–Trinajstić information content (AvgIpc) is 2.83. The van der Waals surface area contributed by atoms with Crippen molar-refractivity contribution >= 4 is 17.6 Å². The van der Waals surface area contributed by atoms with Crippen LogP contribution in [0, 0.1) is 13.8 Å². The number of hydrogen-bond acceptors (Lipinski definition) is 4. The third-order valence-electron chi connectivity index (χ3n) is 3.51. The lowest BCUT2D eigenvalue weighted by molar-refractivity contribution is -0.274. The number of alkyl halides is 3. The van der Waals surface area contributed by atoms with Crippen molar-refractivity contribution in [2.45, 2.75) is 27.1 Å². The molecule has 0 aliphatic carbocycles. The smallest absolute Gasteiger partial charge is 0.462 e. The molecule has 140 valence electrons. The van der Waals surface area contributed by atoms with E-state index in [-0.39, 0.29) is 23.6 Å². The molecular weight excluding hydrogens is 353 g/mol. The van der Waals surface area contributed by atoms with Gasteiger partial charge in [0.25, 0.3) is 5.91 Å². The van der Waals surface area contributed by atoms with Gasteiger partial charge in [-0.1, -0.05) is 12.1 Å². The summed E-state index contributed by atoms with van der Waals surface area (Å²) in [5.41, 5.74) is 0.877. The summed E-state index contributed by atoms with van der Waals surface area (Å²) in [5.74, 6) is -1.84. The fourth-order valence-electron chi connectivity index (χ4n) is 2.45. The molecule has 26 heavy (non-hydrogen) atoms. The molecule has 2 N–H and O–H groups in total. The lowest BCUT2D eigenvalue weighted by Gasteiger charge is -2.13. The minimum Gasteiger partial charge on any atom is -0.462 e. The van der Waals surface area contributed by atoms with Gasteiger partial charge in [0, 0.05) is 5.69 Å². The minimum absolute atomic E-state index is 0.0485. The molecule has 0 fully saturated rings. The Bertz CT molecular complexity index is 828. The molecule has 0 spiro atoms. The van der Waals surface area contributed by atoms with Crippen molar-refractivity contribution in [2.75, 3.05) is 11.9 Å². The number of carbonyl (C=O) groups is 2. The van der Waals surface area contributed by atoms with Crippen molar-refractivity contribution in [3.8, 4) is 5.75 Å². The summed E-state index contributed by atoms with van der Waals surface area (Å²) < 4.78 is 46.3. The monoisotopic (exact) mass is 370 g/mol. The number of amides is 1. The number of para-hydroxylation sites is 2. The number of esters is 1. The summed E-state index contributed by atoms with van der Waals surface area (Å²) in [5, 5.41) is 2.35. The van der Waals surface area contributed by atoms with Crippen molar-refractivity contribution in [2.24, 2.45) is 0 Å². The Hall–Kier alpha value is -2.97. The van der Waals surface area contributed by atoms with Crippen LogP contribution in [0.5, 0.6) is 5.75 Å². The molecule has 1 heterocycles. The molecule has 2 aromatic rings. The predicted molar refractivity (Wildman–Crippen MR) is 87.3 cm³/mol. The van der Waals surface area contributed by atoms with Crippen molar-refractivity contribution in [1.29, 1.82) is 0 Å². The number of ether oxygens (including phenoxy) is 2. The zero-order valence-electron chi connectivity index (χ0n) is 14.3. The van der Waals surface area contributed by atoms with Gasteiger partial charge >= 0.3 is 12.3 Å². The van der Waals surface area contributed by atoms with E-state index in [1.165, 1.54) is 18.2 Å². The number of halogens is 3. The first-order valence-electron chi connectivity index (χ1n) is 7.66. The second-order valence-corrected chi connectivity index (χ2v) is 5.34. The van der Waals surface area contributed by atoms with Crippen LogP contribution < -0.4 is 10.1 Å². The molecular formula is C17H17F3N2O4. The van der Waals surface area contributed by atoms with Gasteiger partial charge in [-0.25, -0.2) is 4.79 Å². The first-order chi connectivity index (χ1) is 12.1. The molecule has 0 atom stereocenters. The van der Waals surface area contributed by atoms with Gasteiger partial charge in [-0.15, -0.1) is 13.2 Å². The van der Waals surface area contributed by atoms with Crippen LogP contribution in [-0.2, 0) is 4.74 Å². The lowest BCUT2D eigenvalue weighted by atomic mass is 10.1. The van der Waals surface area contributed by atoms with Crippen LogP contribution in [0.15, 0.2) is 24.3 Å². The standard InChI is InChI=1S/C17H17F3N2O4/c1-4-25-16(24)13-9(2)14(21-10(13)3)15(23)22-11-7-5-6-8-12(11)26-17(18,19)20/h5-8,21H,4H2,1-3H3,(H,22,23). The van der Waals surface area contributed by atoms with E-state index in [0.717, 1.165) is 6.07 Å². The Morgan fingerprint density at radius 2 is 1.85 bits per heavy atom. The maximum Gasteiger partial charge on any atom is 0.573 e. The van der Waals surface area contributed by atoms with E-state index < -0.39 is 24.0 Å². The second-order valence-electron chi connectivity index (χ2n) is 5.34. The van der Waals surface area contributed by atoms with Crippen LogP contribution in [0.4, 0.5) is 18.9 Å². The fourth-order valence-corrected chi connectivity index (χ4v) is 2.45. The first kappa shape index (κ1) is 19.4. The number of benzene rings is 1. The Kier molecular flexibility index (Phi) is 5.59. The summed E-state index contributed by atoms with van der Waals surface area (Å²) in [7, 11) is 0. The number of hydrogen-bond donors (Lipinski definition) is 2. The van der Waals surface area contributed by atoms with Crippen LogP contribution >= 0.6 is 0 Å². The van der Waals surface area contributed by atoms with Crippen molar-refractivity contribution in [1.82, 2.24) is 4.98 Å². The summed E-state index contributed by atoms with van der Waals surface area (Å²) in [6.07, 6.45) is -4.89. The number of H-pyrrole nitrogens is 1. The molecule has 1 aromatic carbocycles. The summed E-state index contributed by atoms with van der Waals surface area (Å²) in [6.45, 7) is 4.96. The molecule has 0 saturated carbocycles. The van der Waals surface area contributed by atoms with Gasteiger partial charge in [0.05, 0.1) is 17.9 Å². The van der Waals surface area contributed by atoms with E-state index in [2.05, 4.69) is 15.0 Å². The largest absolute Gasteiger partial charge is 0.573 e. The first-order valence-corrected chi connectivity index (χ1v) is 7.66. The van der Waals surface area contributed by atoms with Gasteiger partial charge in [-0.05, 0) is 38.5 Å². The summed E-state index contributed by atoms with van der Waals surface area (Å²) >= 11 is 0. The molecule has 0 bridgehead atoms. The molecule has 0 aliphatic heterocycles. The zero-order valence-corrected chi connectivity index (χ0v) is 14.3. The van der Waals surface area contributed by atoms with Crippen LogP contribution in [0.1, 0.15) is 39.0 Å². The maximum atomic E-state index is 12.5. The highest BCUT2D eigenvalue weighted by Crippen LogP contribution is 2.30. The highest BCUT2D eigenvalue weighted by Gasteiger charge is 2.32. The molecule has 9 heteroatoms. The molecule has 0 saturated heterocycles. The number of aryl methyl sites for hydroxylation is 1. The van der Waals surface area contributed by atoms with Gasteiger partial charge in [0.1, 0.15) is 5.69 Å². The highest BCUT2D eigenvalue weighted by molar-refractivity contribution is 6.07. The third kappa shape index (κ3) is 4.35. The van der Waals surface area contributed by atoms with E-state index >= 15 is 0 Å². The molecule has 0 radical (unpaired) electrons. The van der Waals surface area contributed by atoms with Gasteiger partial charge in [-0.3, -0.25) is 4.79 Å². The Labute approximate surface area is 147 Å². The van der Waals surface area contributed by atoms with Crippen LogP contribution in [0.2, 0.25) is 0 Å². The second kappa shape index (κ2) is 7.51. The SMILES string of the molecule is CCOC(=O)c1c(C)[nH]c(C(=O)Nc2ccccc2OC(F)(F)F)c1C. The number of aromatic amines is 1. The van der Waals surface area contributed by atoms with E-state index in [4.69, 9.17) is 4.74 Å². The Balaban J connectivity index is 2.30. The van der Waals surface area contributed by atoms with E-state index in [1.54, 1.807) is 20.8 Å². The van der Waals surface area contributed by atoms with Crippen molar-refractivity contribution in [3.63, 3.8) is 0 Å². The zero-order chi connectivity index (χ0) is 19.5. The van der Waals surface area contributed by atoms with Gasteiger partial charge in [-0.2, -0.15) is 0 Å². The van der Waals surface area contributed by atoms with E-state index in [0.29, 0.717) is 11.3 Å². The topological polar surface area (TPSA) is 80.4 Å². The lowest BCUT2D eigenvalue weighted by Crippen LogP contribution is -2.20. The quantitative estimate of drug-likeness (QED) is 0.781. The molecule has 2 rings (SSSR count). The molecule has 0 aliphatic rings. The number of carbonyl (C=O) groups excluding carboxylic acids is 2. The van der Waals surface area contributed by atoms with Gasteiger partial charge in [0.2, 0.25) is 0 Å². The van der Waals surface area contributed by atoms with Gasteiger partial charge < -0.3 is 19.8 Å². The van der Waals surface area contributed by atoms with Crippen molar-refractivity contribution in [3.05, 3.63) is 46.8 Å². The number of nitrogens with one attached hydrogen (secondary N) is 2. The van der Waals surface area contributed by atoms with Crippen LogP contribution in [-0.4, -0.2) is 29.8 Å². The van der Waals surface area contributed by atoms with Crippen LogP contribution in [0.3, 0.4) is 0 Å². The molecule has 0 unspecified atom stereocenters. The number of aromatic nitrogens is 1. The Morgan fingerprint density at radius 1 is 1.19 bits per heavy atom. The normalized spacial score (nSPS) is 11.2. The average molecular weight is 370 g/mol. The highest BCUT2D eigenvalue weighted by atomic mass is 19.4. The van der Waals surface area contributed by atoms with E-state index in [9.17, 15) is 22.8 Å². The Morgan fingerprint density at radius 3 is 2.46 bits per heavy atom. The number of anilines is 1. The van der Waals surface area contributed by atoms with Crippen molar-refractivity contribution < 1.29 is 32.2 Å².